The van der Waals surface area contributed by atoms with Crippen LogP contribution in [0, 0.1) is 5.82 Å². The number of halogens is 1. The zero-order chi connectivity index (χ0) is 13.8. The maximum atomic E-state index is 13.9. The summed E-state index contributed by atoms with van der Waals surface area (Å²) >= 11 is 0. The van der Waals surface area contributed by atoms with Crippen LogP contribution in [0.4, 0.5) is 4.39 Å². The van der Waals surface area contributed by atoms with Crippen LogP contribution >= 0.6 is 0 Å². The van der Waals surface area contributed by atoms with E-state index in [1.807, 2.05) is 0 Å². The van der Waals surface area contributed by atoms with Crippen molar-refractivity contribution in [2.75, 3.05) is 20.2 Å². The predicted molar refractivity (Wildman–Crippen MR) is 69.6 cm³/mol. The van der Waals surface area contributed by atoms with E-state index in [1.165, 1.54) is 6.07 Å². The number of nitrogens with two attached hydrogens (primary N) is 1. The first-order valence-electron chi connectivity index (χ1n) is 6.15. The van der Waals surface area contributed by atoms with E-state index in [4.69, 9.17) is 15.7 Å². The number of likely N-dealkylation sites (tertiary alicyclic amines) is 1. The molecular weight excluding hydrogens is 249 g/mol. The molecule has 1 saturated heterocycles. The maximum Gasteiger partial charge on any atom is 0.170 e. The van der Waals surface area contributed by atoms with Crippen molar-refractivity contribution in [1.29, 1.82) is 0 Å². The van der Waals surface area contributed by atoms with Crippen molar-refractivity contribution in [2.24, 2.45) is 10.9 Å². The second-order valence-corrected chi connectivity index (χ2v) is 4.67. The molecule has 0 saturated carbocycles. The molecule has 2 rings (SSSR count). The summed E-state index contributed by atoms with van der Waals surface area (Å²) in [6.07, 6.45) is 1.21. The summed E-state index contributed by atoms with van der Waals surface area (Å²) < 4.78 is 19.2. The van der Waals surface area contributed by atoms with Crippen LogP contribution < -0.4 is 5.73 Å². The zero-order valence-corrected chi connectivity index (χ0v) is 10.8. The van der Waals surface area contributed by atoms with Gasteiger partial charge >= 0.3 is 0 Å². The molecule has 1 atom stereocenters. The Bertz CT molecular complexity index is 479. The molecule has 0 bridgehead atoms. The van der Waals surface area contributed by atoms with Crippen molar-refractivity contribution in [2.45, 2.75) is 19.1 Å². The van der Waals surface area contributed by atoms with Gasteiger partial charge < -0.3 is 15.7 Å². The normalized spacial score (nSPS) is 20.9. The first kappa shape index (κ1) is 13.8. The van der Waals surface area contributed by atoms with Crippen LogP contribution in [0.15, 0.2) is 23.4 Å². The quantitative estimate of drug-likeness (QED) is 0.371. The molecule has 1 aliphatic heterocycles. The predicted octanol–water partition coefficient (Wildman–Crippen LogP) is 1.14. The van der Waals surface area contributed by atoms with E-state index < -0.39 is 0 Å². The molecule has 0 spiro atoms. The number of hydrogen-bond acceptors (Lipinski definition) is 4. The van der Waals surface area contributed by atoms with E-state index in [0.717, 1.165) is 19.5 Å². The highest BCUT2D eigenvalue weighted by molar-refractivity contribution is 5.97. The Morgan fingerprint density at radius 3 is 3.00 bits per heavy atom. The number of rotatable bonds is 4. The molecule has 104 valence electrons. The highest BCUT2D eigenvalue weighted by atomic mass is 19.1. The molecule has 6 heteroatoms. The second kappa shape index (κ2) is 5.99. The fourth-order valence-electron chi connectivity index (χ4n) is 2.27. The van der Waals surface area contributed by atoms with Crippen molar-refractivity contribution in [3.8, 4) is 0 Å². The molecule has 1 heterocycles. The minimum Gasteiger partial charge on any atom is -0.409 e. The van der Waals surface area contributed by atoms with Gasteiger partial charge in [-0.15, -0.1) is 0 Å². The Morgan fingerprint density at radius 2 is 2.42 bits per heavy atom. The molecule has 1 fully saturated rings. The number of ether oxygens (including phenoxy) is 1. The van der Waals surface area contributed by atoms with Crippen LogP contribution in [-0.2, 0) is 11.3 Å². The fourth-order valence-corrected chi connectivity index (χ4v) is 2.27. The molecule has 3 N–H and O–H groups in total. The second-order valence-electron chi connectivity index (χ2n) is 4.67. The SMILES string of the molecule is COC1CCN(Cc2ccc(/C(N)=N/O)cc2F)C1. The van der Waals surface area contributed by atoms with Crippen molar-refractivity contribution in [3.05, 3.63) is 35.1 Å². The molecule has 1 unspecified atom stereocenters. The van der Waals surface area contributed by atoms with Gasteiger partial charge in [0.1, 0.15) is 5.82 Å². The van der Waals surface area contributed by atoms with E-state index in [1.54, 1.807) is 19.2 Å². The van der Waals surface area contributed by atoms with Crippen LogP contribution in [-0.4, -0.2) is 42.2 Å². The minimum atomic E-state index is -0.343. The highest BCUT2D eigenvalue weighted by Crippen LogP contribution is 2.18. The third kappa shape index (κ3) is 3.21. The van der Waals surface area contributed by atoms with E-state index in [0.29, 0.717) is 17.7 Å². The lowest BCUT2D eigenvalue weighted by molar-refractivity contribution is 0.107. The van der Waals surface area contributed by atoms with E-state index >= 15 is 0 Å². The summed E-state index contributed by atoms with van der Waals surface area (Å²) in [4.78, 5) is 2.15. The van der Waals surface area contributed by atoms with Crippen LogP contribution in [0.1, 0.15) is 17.5 Å². The summed E-state index contributed by atoms with van der Waals surface area (Å²) in [6, 6.07) is 4.61. The molecule has 5 nitrogen and oxygen atoms in total. The number of methoxy groups -OCH3 is 1. The summed E-state index contributed by atoms with van der Waals surface area (Å²) in [5, 5.41) is 11.4. The summed E-state index contributed by atoms with van der Waals surface area (Å²) in [6.45, 7) is 2.26. The lowest BCUT2D eigenvalue weighted by atomic mass is 10.1. The molecule has 19 heavy (non-hydrogen) atoms. The van der Waals surface area contributed by atoms with Gasteiger partial charge in [-0.3, -0.25) is 4.90 Å². The van der Waals surface area contributed by atoms with Gasteiger partial charge in [0.25, 0.3) is 0 Å². The fraction of sp³-hybridized carbons (Fsp3) is 0.462. The summed E-state index contributed by atoms with van der Waals surface area (Å²) in [7, 11) is 1.69. The Labute approximate surface area is 111 Å². The molecule has 0 aliphatic carbocycles. The van der Waals surface area contributed by atoms with Gasteiger partial charge in [-0.05, 0) is 12.5 Å². The van der Waals surface area contributed by atoms with Crippen LogP contribution in [0.2, 0.25) is 0 Å². The number of amidine groups is 1. The number of hydrogen-bond donors (Lipinski definition) is 2. The van der Waals surface area contributed by atoms with Crippen LogP contribution in [0.25, 0.3) is 0 Å². The van der Waals surface area contributed by atoms with Crippen LogP contribution in [0.5, 0.6) is 0 Å². The number of nitrogens with zero attached hydrogens (tertiary/aromatic N) is 2. The Kier molecular flexibility index (Phi) is 4.34. The lowest BCUT2D eigenvalue weighted by Gasteiger charge is -2.16. The molecule has 1 aromatic carbocycles. The van der Waals surface area contributed by atoms with Crippen LogP contribution in [0.3, 0.4) is 0 Å². The summed E-state index contributed by atoms with van der Waals surface area (Å²) in [5.74, 6) is -0.434. The largest absolute Gasteiger partial charge is 0.409 e. The van der Waals surface area contributed by atoms with Gasteiger partial charge in [0.2, 0.25) is 0 Å². The highest BCUT2D eigenvalue weighted by Gasteiger charge is 2.22. The Morgan fingerprint density at radius 1 is 1.63 bits per heavy atom. The molecule has 0 aromatic heterocycles. The Hall–Kier alpha value is -1.66. The smallest absolute Gasteiger partial charge is 0.170 e. The van der Waals surface area contributed by atoms with E-state index in [9.17, 15) is 4.39 Å². The monoisotopic (exact) mass is 267 g/mol. The molecule has 0 radical (unpaired) electrons. The van der Waals surface area contributed by atoms with Crippen molar-refractivity contribution >= 4 is 5.84 Å². The lowest BCUT2D eigenvalue weighted by Crippen LogP contribution is -2.23. The number of oxime groups is 1. The van der Waals surface area contributed by atoms with E-state index in [-0.39, 0.29) is 17.8 Å². The zero-order valence-electron chi connectivity index (χ0n) is 10.8. The first-order chi connectivity index (χ1) is 9.13. The van der Waals surface area contributed by atoms with E-state index in [2.05, 4.69) is 10.1 Å². The minimum absolute atomic E-state index is 0.0916. The van der Waals surface area contributed by atoms with Gasteiger partial charge in [-0.2, -0.15) is 0 Å². The molecule has 0 amide bonds. The van der Waals surface area contributed by atoms with Crippen molar-refractivity contribution in [1.82, 2.24) is 4.90 Å². The number of benzene rings is 1. The van der Waals surface area contributed by atoms with Crippen molar-refractivity contribution < 1.29 is 14.3 Å². The molecular formula is C13H18FN3O2. The summed E-state index contributed by atoms with van der Waals surface area (Å²) in [5.41, 5.74) is 6.40. The van der Waals surface area contributed by atoms with Gasteiger partial charge in [0.15, 0.2) is 5.84 Å². The standard InChI is InChI=1S/C13H18FN3O2/c1-19-11-4-5-17(8-11)7-10-3-2-9(6-12(10)14)13(15)16-18/h2-3,6,11,18H,4-5,7-8H2,1H3,(H2,15,16). The van der Waals surface area contributed by atoms with Crippen molar-refractivity contribution in [3.63, 3.8) is 0 Å². The third-order valence-corrected chi connectivity index (χ3v) is 3.41. The van der Waals surface area contributed by atoms with Gasteiger partial charge in [-0.1, -0.05) is 17.3 Å². The molecule has 1 aromatic rings. The average Bonchev–Trinajstić information content (AvgIpc) is 2.88. The van der Waals surface area contributed by atoms with Gasteiger partial charge in [-0.25, -0.2) is 4.39 Å². The average molecular weight is 267 g/mol. The third-order valence-electron chi connectivity index (χ3n) is 3.41. The van der Waals surface area contributed by atoms with Gasteiger partial charge in [0, 0.05) is 37.9 Å². The first-order valence-corrected chi connectivity index (χ1v) is 6.15. The van der Waals surface area contributed by atoms with Gasteiger partial charge in [0.05, 0.1) is 6.10 Å². The Balaban J connectivity index is 2.06. The maximum absolute atomic E-state index is 13.9. The topological polar surface area (TPSA) is 71.1 Å². The molecule has 1 aliphatic rings.